The molecular formula is C17H16N2OS. The lowest BCUT2D eigenvalue weighted by atomic mass is 10.1. The number of carbonyl (C=O) groups excluding carboxylic acids is 1. The smallest absolute Gasteiger partial charge is 0.251 e. The molecule has 21 heavy (non-hydrogen) atoms. The van der Waals surface area contributed by atoms with E-state index in [-0.39, 0.29) is 5.91 Å². The maximum Gasteiger partial charge on any atom is 0.251 e. The minimum atomic E-state index is -0.0639. The molecule has 3 rings (SSSR count). The zero-order valence-corrected chi connectivity index (χ0v) is 12.8. The third-order valence-corrected chi connectivity index (χ3v) is 4.44. The molecule has 0 unspecified atom stereocenters. The molecule has 2 N–H and O–H groups in total. The summed E-state index contributed by atoms with van der Waals surface area (Å²) in [6.45, 7) is 2.07. The van der Waals surface area contributed by atoms with E-state index in [4.69, 9.17) is 0 Å². The Balaban J connectivity index is 2.06. The normalized spacial score (nSPS) is 10.8. The van der Waals surface area contributed by atoms with Crippen LogP contribution in [-0.2, 0) is 0 Å². The van der Waals surface area contributed by atoms with E-state index in [0.29, 0.717) is 5.56 Å². The van der Waals surface area contributed by atoms with Crippen molar-refractivity contribution in [3.05, 3.63) is 59.8 Å². The zero-order valence-electron chi connectivity index (χ0n) is 11.9. The number of hydrogen-bond acceptors (Lipinski definition) is 2. The van der Waals surface area contributed by atoms with Gasteiger partial charge in [-0.05, 0) is 31.2 Å². The predicted octanol–water partition coefficient (Wildman–Crippen LogP) is 3.99. The summed E-state index contributed by atoms with van der Waals surface area (Å²) in [4.78, 5) is 17.5. The van der Waals surface area contributed by atoms with Crippen molar-refractivity contribution < 1.29 is 4.79 Å². The van der Waals surface area contributed by atoms with E-state index in [2.05, 4.69) is 41.5 Å². The molecule has 0 fully saturated rings. The van der Waals surface area contributed by atoms with Crippen LogP contribution < -0.4 is 5.32 Å². The number of hydrogen-bond donors (Lipinski definition) is 2. The van der Waals surface area contributed by atoms with Crippen molar-refractivity contribution in [2.45, 2.75) is 16.7 Å². The number of amides is 1. The number of carbonyl (C=O) groups is 1. The Hall–Kier alpha value is -2.20. The van der Waals surface area contributed by atoms with E-state index in [9.17, 15) is 4.79 Å². The van der Waals surface area contributed by atoms with Crippen LogP contribution in [0.25, 0.3) is 10.9 Å². The van der Waals surface area contributed by atoms with Crippen LogP contribution in [0.1, 0.15) is 15.9 Å². The summed E-state index contributed by atoms with van der Waals surface area (Å²) in [7, 11) is 1.65. The van der Waals surface area contributed by atoms with Gasteiger partial charge in [0.15, 0.2) is 0 Å². The molecule has 4 heteroatoms. The van der Waals surface area contributed by atoms with Crippen molar-refractivity contribution >= 4 is 28.6 Å². The van der Waals surface area contributed by atoms with Gasteiger partial charge in [-0.1, -0.05) is 35.5 Å². The second-order valence-electron chi connectivity index (χ2n) is 4.88. The molecule has 0 atom stereocenters. The van der Waals surface area contributed by atoms with Gasteiger partial charge in [-0.25, -0.2) is 0 Å². The topological polar surface area (TPSA) is 44.9 Å². The summed E-state index contributed by atoms with van der Waals surface area (Å²) in [5.41, 5.74) is 2.92. The Labute approximate surface area is 127 Å². The van der Waals surface area contributed by atoms with Gasteiger partial charge < -0.3 is 10.3 Å². The second kappa shape index (κ2) is 5.66. The summed E-state index contributed by atoms with van der Waals surface area (Å²) in [5, 5.41) is 3.67. The van der Waals surface area contributed by atoms with E-state index in [1.54, 1.807) is 18.8 Å². The van der Waals surface area contributed by atoms with Crippen molar-refractivity contribution in [3.63, 3.8) is 0 Å². The van der Waals surface area contributed by atoms with Gasteiger partial charge in [-0.15, -0.1) is 0 Å². The highest BCUT2D eigenvalue weighted by molar-refractivity contribution is 7.99. The molecule has 0 aliphatic carbocycles. The molecule has 0 bridgehead atoms. The first kappa shape index (κ1) is 13.8. The molecule has 3 nitrogen and oxygen atoms in total. The molecule has 2 aromatic carbocycles. The van der Waals surface area contributed by atoms with Crippen molar-refractivity contribution in [2.75, 3.05) is 7.05 Å². The fraction of sp³-hybridized carbons (Fsp3) is 0.118. The highest BCUT2D eigenvalue weighted by Crippen LogP contribution is 2.35. The van der Waals surface area contributed by atoms with E-state index in [1.165, 1.54) is 5.56 Å². The first-order valence-electron chi connectivity index (χ1n) is 6.76. The average Bonchev–Trinajstić information content (AvgIpc) is 2.92. The van der Waals surface area contributed by atoms with Gasteiger partial charge in [0.25, 0.3) is 5.91 Å². The number of benzene rings is 2. The number of aromatic amines is 1. The number of nitrogens with one attached hydrogen (secondary N) is 2. The van der Waals surface area contributed by atoms with Gasteiger partial charge >= 0.3 is 0 Å². The van der Waals surface area contributed by atoms with Gasteiger partial charge in [0.1, 0.15) is 0 Å². The fourth-order valence-corrected chi connectivity index (χ4v) is 3.26. The number of fused-ring (bicyclic) bond motifs is 1. The largest absolute Gasteiger partial charge is 0.360 e. The molecule has 106 valence electrons. The van der Waals surface area contributed by atoms with Crippen molar-refractivity contribution in [1.82, 2.24) is 10.3 Å². The summed E-state index contributed by atoms with van der Waals surface area (Å²) in [6, 6.07) is 14.1. The lowest BCUT2D eigenvalue weighted by Gasteiger charge is -2.05. The quantitative estimate of drug-likeness (QED) is 0.767. The Kier molecular flexibility index (Phi) is 3.71. The van der Waals surface area contributed by atoms with Crippen LogP contribution in [0.3, 0.4) is 0 Å². The van der Waals surface area contributed by atoms with Crippen molar-refractivity contribution in [3.8, 4) is 0 Å². The number of rotatable bonds is 3. The molecule has 0 aliphatic heterocycles. The molecule has 0 saturated carbocycles. The summed E-state index contributed by atoms with van der Waals surface area (Å²) < 4.78 is 0. The first-order chi connectivity index (χ1) is 10.2. The number of aromatic nitrogens is 1. The van der Waals surface area contributed by atoms with E-state index in [0.717, 1.165) is 20.7 Å². The minimum Gasteiger partial charge on any atom is -0.360 e. The van der Waals surface area contributed by atoms with Crippen LogP contribution in [0.15, 0.2) is 58.5 Å². The molecule has 0 radical (unpaired) electrons. The van der Waals surface area contributed by atoms with Crippen LogP contribution in [0, 0.1) is 6.92 Å². The highest BCUT2D eigenvalue weighted by atomic mass is 32.2. The van der Waals surface area contributed by atoms with Gasteiger partial charge in [-0.2, -0.15) is 0 Å². The average molecular weight is 296 g/mol. The van der Waals surface area contributed by atoms with Crippen LogP contribution in [0.2, 0.25) is 0 Å². The third-order valence-electron chi connectivity index (χ3n) is 3.39. The Morgan fingerprint density at radius 1 is 1.14 bits per heavy atom. The summed E-state index contributed by atoms with van der Waals surface area (Å²) in [5.74, 6) is -0.0639. The molecule has 1 amide bonds. The monoisotopic (exact) mass is 296 g/mol. The predicted molar refractivity (Wildman–Crippen MR) is 87.0 cm³/mol. The molecule has 1 heterocycles. The maximum absolute atomic E-state index is 12.0. The Morgan fingerprint density at radius 2 is 1.90 bits per heavy atom. The van der Waals surface area contributed by atoms with E-state index < -0.39 is 0 Å². The lowest BCUT2D eigenvalue weighted by molar-refractivity contribution is 0.0964. The van der Waals surface area contributed by atoms with Crippen molar-refractivity contribution in [1.29, 1.82) is 0 Å². The maximum atomic E-state index is 12.0. The van der Waals surface area contributed by atoms with Crippen LogP contribution >= 0.6 is 11.8 Å². The van der Waals surface area contributed by atoms with Crippen LogP contribution in [-0.4, -0.2) is 17.9 Å². The van der Waals surface area contributed by atoms with Crippen LogP contribution in [0.5, 0.6) is 0 Å². The fourth-order valence-electron chi connectivity index (χ4n) is 2.29. The van der Waals surface area contributed by atoms with Gasteiger partial charge in [0.05, 0.1) is 0 Å². The Bertz CT molecular complexity index is 790. The lowest BCUT2D eigenvalue weighted by Crippen LogP contribution is -2.17. The Morgan fingerprint density at radius 3 is 2.62 bits per heavy atom. The zero-order chi connectivity index (χ0) is 14.8. The number of H-pyrrole nitrogens is 1. The first-order valence-corrected chi connectivity index (χ1v) is 7.57. The van der Waals surface area contributed by atoms with E-state index >= 15 is 0 Å². The van der Waals surface area contributed by atoms with Crippen molar-refractivity contribution in [2.24, 2.45) is 0 Å². The van der Waals surface area contributed by atoms with Gasteiger partial charge in [-0.3, -0.25) is 4.79 Å². The highest BCUT2D eigenvalue weighted by Gasteiger charge is 2.14. The molecule has 0 saturated heterocycles. The summed E-state index contributed by atoms with van der Waals surface area (Å²) >= 11 is 1.66. The standard InChI is InChI=1S/C17H16N2OS/c1-11-6-8-12(9-7-11)21-15-10-19-14-5-3-4-13(16(14)15)17(20)18-2/h3-10,19H,1-2H3,(H,18,20). The SMILES string of the molecule is CNC(=O)c1cccc2[nH]cc(Sc3ccc(C)cc3)c12. The molecule has 0 aliphatic rings. The van der Waals surface area contributed by atoms with Gasteiger partial charge in [0.2, 0.25) is 0 Å². The third kappa shape index (κ3) is 2.67. The second-order valence-corrected chi connectivity index (χ2v) is 5.99. The van der Waals surface area contributed by atoms with Crippen LogP contribution in [0.4, 0.5) is 0 Å². The molecular weight excluding hydrogens is 280 g/mol. The number of aryl methyl sites for hydroxylation is 1. The molecule has 1 aromatic heterocycles. The summed E-state index contributed by atoms with van der Waals surface area (Å²) in [6.07, 6.45) is 1.96. The van der Waals surface area contributed by atoms with E-state index in [1.807, 2.05) is 24.4 Å². The molecule has 0 spiro atoms. The molecule has 3 aromatic rings. The van der Waals surface area contributed by atoms with Gasteiger partial charge in [0, 0.05) is 39.5 Å². The minimum absolute atomic E-state index is 0.0639.